The van der Waals surface area contributed by atoms with E-state index in [0.29, 0.717) is 79.3 Å². The summed E-state index contributed by atoms with van der Waals surface area (Å²) in [5.41, 5.74) is 18.9. The molecule has 0 aliphatic carbocycles. The molecule has 0 radical (unpaired) electrons. The van der Waals surface area contributed by atoms with Gasteiger partial charge in [0.25, 0.3) is 17.7 Å². The van der Waals surface area contributed by atoms with Gasteiger partial charge in [0.1, 0.15) is 37.7 Å². The number of methoxy groups -OCH3 is 3. The van der Waals surface area contributed by atoms with Crippen molar-refractivity contribution < 1.29 is 111 Å². The maximum absolute atomic E-state index is 13.4. The number of fused-ring (bicyclic) bond motifs is 2. The molecular formula is C110H174Cl2N8O23. The Bertz CT molecular complexity index is 4680. The zero-order chi connectivity index (χ0) is 108. The standard InChI is InChI=1S/C35H43N3O9.C29H35N3O5.C22H30N2O9.2C3H8.6C2H6.3C2H4.2ClH/c1-5-16-46-35(42)38(32(6-2)47-33-15-9-10-17-45-33)27-22-30(29(43-4)21-26(27)34(36)41)44-18-11-14-31(40)37(3)24-19-23-12-7-8-13-25(23)28(39)20-24;1-4-5-6-9-14-31-24-19-27(26(36-3)18-23(24)29(30)35)37-15-10-13-28(34)32(2)21-16-20-11-7-8-12-22(20)25(33)17-21;1-3-9-32-22(28)24(14-33-20-8-4-5-10-31-20)16-13-18(30-11-6-7-19(25)26)17(29-2)12-15(16)21(23)27;2*1-3-2;9*1-2;;/h5,7-8,12-13,19-22,32-33,39H,1,6,9-11,14-18H2,2-4H3,(H2,36,41);7-8,11-12,14,16-19,33H,4-6,9-10,13,15H2,1-3H3,(H2,30,35);3,12-13,20H,1,4-11,14H2,2H3,(H2,23,27)(H,25,26);2*3H2,1-2H3;6*1-2H3;3*1-2H2;2*1H. The number of halogens is 2. The predicted molar refractivity (Wildman–Crippen MR) is 591 cm³/mol. The van der Waals surface area contributed by atoms with Gasteiger partial charge in [-0.15, -0.1) is 64.3 Å². The van der Waals surface area contributed by atoms with Gasteiger partial charge >= 0.3 is 18.2 Å². The number of nitrogens with zero attached hydrogens (tertiary/aromatic N) is 5. The van der Waals surface area contributed by atoms with E-state index >= 15 is 0 Å². The molecule has 0 bridgehead atoms. The first-order valence-electron chi connectivity index (χ1n) is 49.0. The lowest BCUT2D eigenvalue weighted by molar-refractivity contribution is -0.187. The molecule has 143 heavy (non-hydrogen) atoms. The van der Waals surface area contributed by atoms with Crippen LogP contribution in [0.4, 0.5) is 38.0 Å². The smallest absolute Gasteiger partial charge is 0.416 e. The van der Waals surface area contributed by atoms with Crippen LogP contribution in [0.2, 0.25) is 0 Å². The highest BCUT2D eigenvalue weighted by Crippen LogP contribution is 2.41. The number of aromatic hydroxyl groups is 2. The van der Waals surface area contributed by atoms with Crippen molar-refractivity contribution in [3.05, 3.63) is 191 Å². The van der Waals surface area contributed by atoms with E-state index in [-0.39, 0.29) is 165 Å². The molecule has 31 nitrogen and oxygen atoms in total. The number of phenolic OH excluding ortho intramolecular Hbond substituents is 2. The largest absolute Gasteiger partial charge is 0.507 e. The van der Waals surface area contributed by atoms with Crippen LogP contribution in [-0.2, 0) is 42.8 Å². The second-order valence-corrected chi connectivity index (χ2v) is 28.3. The molecule has 9 N–H and O–H groups in total. The van der Waals surface area contributed by atoms with E-state index in [1.54, 1.807) is 38.5 Å². The molecule has 806 valence electrons. The number of hydrogen-bond donors (Lipinski definition) is 6. The van der Waals surface area contributed by atoms with Crippen molar-refractivity contribution in [2.75, 3.05) is 108 Å². The number of amides is 7. The highest BCUT2D eigenvalue weighted by Gasteiger charge is 2.35. The number of hydrogen-bond acceptors (Lipinski definition) is 23. The average molecular weight is 2050 g/mol. The van der Waals surface area contributed by atoms with E-state index in [0.717, 1.165) is 72.4 Å². The number of benzene rings is 7. The second kappa shape index (κ2) is 90.9. The first-order chi connectivity index (χ1) is 68.2. The highest BCUT2D eigenvalue weighted by atomic mass is 35.5. The summed E-state index contributed by atoms with van der Waals surface area (Å²) in [4.78, 5) is 109. The fourth-order valence-electron chi connectivity index (χ4n) is 12.3. The van der Waals surface area contributed by atoms with Gasteiger partial charge in [0, 0.05) is 105 Å². The van der Waals surface area contributed by atoms with E-state index in [9.17, 15) is 48.6 Å². The minimum atomic E-state index is -0.950. The van der Waals surface area contributed by atoms with Gasteiger partial charge in [-0.3, -0.25) is 43.6 Å². The number of carboxylic acids is 1. The van der Waals surface area contributed by atoms with Crippen molar-refractivity contribution >= 4 is 129 Å². The number of primary amides is 3. The number of carbonyl (C=O) groups is 8. The molecule has 2 saturated heterocycles. The number of unbranched alkanes of at least 4 members (excludes halogenated alkanes) is 3. The van der Waals surface area contributed by atoms with Crippen molar-refractivity contribution in [1.82, 2.24) is 0 Å². The topological polar surface area (TPSA) is 411 Å². The Labute approximate surface area is 866 Å². The second-order valence-electron chi connectivity index (χ2n) is 28.3. The van der Waals surface area contributed by atoms with E-state index in [4.69, 9.17) is 79.1 Å². The SMILES string of the molecule is C=C.C=C.C=C.C=CCOC(=O)N(COC1CCCCO1)c1cc(OCCCC(=O)O)c(OC)cc1C(N)=O.C=CCOC(=O)N(c1cc(OCCCC(=O)N(C)c2cc(O)c3ccccc3c2)c(OC)cc1C(N)=O)C(CC)OC1CCCCO1.CC.CC.CC.CC.CC.CC.CCC.CCC.CCCCCC=Nc1cc(OCCCC(=O)N(C)c2cc(O)c3ccccc3c2)c(OC)cc1C(N)=O.Cl.Cl. The van der Waals surface area contributed by atoms with Crippen molar-refractivity contribution in [2.45, 2.75) is 265 Å². The number of anilines is 4. The lowest BCUT2D eigenvalue weighted by atomic mass is 10.1. The first-order valence-corrected chi connectivity index (χ1v) is 49.0. The van der Waals surface area contributed by atoms with Crippen LogP contribution in [0.5, 0.6) is 46.0 Å². The van der Waals surface area contributed by atoms with Gasteiger partial charge < -0.3 is 99.2 Å². The zero-order valence-corrected chi connectivity index (χ0v) is 91.5. The van der Waals surface area contributed by atoms with Gasteiger partial charge in [0.2, 0.25) is 11.8 Å². The van der Waals surface area contributed by atoms with E-state index in [2.05, 4.69) is 92.2 Å². The lowest BCUT2D eigenvalue weighted by Gasteiger charge is -2.35. The summed E-state index contributed by atoms with van der Waals surface area (Å²) in [6.07, 6.45) is 14.4. The number of aliphatic imine (C=N–C) groups is 1. The maximum atomic E-state index is 13.4. The Balaban J connectivity index is -0.000000351. The fraction of sp³-hybridized carbons (Fsp3) is 0.482. The monoisotopic (exact) mass is 2050 g/mol. The molecule has 9 rings (SSSR count). The van der Waals surface area contributed by atoms with Crippen molar-refractivity contribution in [2.24, 2.45) is 22.2 Å². The number of ether oxygens (including phenoxy) is 12. The van der Waals surface area contributed by atoms with Gasteiger partial charge in [0.05, 0.1) is 74.9 Å². The van der Waals surface area contributed by atoms with Crippen LogP contribution in [0.15, 0.2) is 179 Å². The summed E-state index contributed by atoms with van der Waals surface area (Å²) < 4.78 is 67.6. The normalized spacial score (nSPS) is 11.9. The summed E-state index contributed by atoms with van der Waals surface area (Å²) >= 11 is 0. The number of aliphatic carboxylic acids is 1. The first kappa shape index (κ1) is 144. The quantitative estimate of drug-likeness (QED) is 0.00897. The molecule has 2 aliphatic rings. The van der Waals surface area contributed by atoms with Crippen LogP contribution in [0.3, 0.4) is 0 Å². The van der Waals surface area contributed by atoms with Crippen LogP contribution >= 0.6 is 24.8 Å². The Kier molecular flexibility index (Phi) is 91.2. The molecule has 2 aliphatic heterocycles. The maximum Gasteiger partial charge on any atom is 0.416 e. The molecule has 33 heteroatoms. The summed E-state index contributed by atoms with van der Waals surface area (Å²) in [6.45, 7) is 62.7. The summed E-state index contributed by atoms with van der Waals surface area (Å²) in [6, 6.07) is 30.5. The Hall–Kier alpha value is -12.4. The minimum Gasteiger partial charge on any atom is -0.507 e. The van der Waals surface area contributed by atoms with Crippen molar-refractivity contribution in [3.63, 3.8) is 0 Å². The highest BCUT2D eigenvalue weighted by molar-refractivity contribution is 6.06. The number of carbonyl (C=O) groups excluding carboxylic acids is 7. The molecule has 0 aromatic heterocycles. The molecule has 2 fully saturated rings. The average Bonchev–Trinajstić information content (AvgIpc) is 0.763. The van der Waals surface area contributed by atoms with Gasteiger partial charge in [-0.25, -0.2) is 9.59 Å². The van der Waals surface area contributed by atoms with Gasteiger partial charge in [-0.1, -0.05) is 224 Å². The Morgan fingerprint density at radius 1 is 0.483 bits per heavy atom. The molecule has 3 unspecified atom stereocenters. The van der Waals surface area contributed by atoms with Gasteiger partial charge in [-0.2, -0.15) is 0 Å². The molecule has 0 saturated carbocycles. The lowest BCUT2D eigenvalue weighted by Crippen LogP contribution is -2.45. The van der Waals surface area contributed by atoms with E-state index < -0.39 is 54.7 Å². The molecule has 7 aromatic rings. The molecule has 7 aromatic carbocycles. The number of phenols is 2. The van der Waals surface area contributed by atoms with Crippen molar-refractivity contribution in [3.8, 4) is 46.0 Å². The Morgan fingerprint density at radius 3 is 1.24 bits per heavy atom. The van der Waals surface area contributed by atoms with E-state index in [1.807, 2.05) is 151 Å². The summed E-state index contributed by atoms with van der Waals surface area (Å²) in [5.74, 6) is -1.61. The van der Waals surface area contributed by atoms with Crippen LogP contribution in [-0.4, -0.2) is 176 Å². The molecular weight excluding hydrogens is 1870 g/mol. The van der Waals surface area contributed by atoms with Crippen molar-refractivity contribution in [1.29, 1.82) is 0 Å². The van der Waals surface area contributed by atoms with Crippen LogP contribution in [0.25, 0.3) is 21.5 Å². The third kappa shape index (κ3) is 53.5. The fourth-order valence-corrected chi connectivity index (χ4v) is 12.3. The molecule has 7 amide bonds. The predicted octanol–water partition coefficient (Wildman–Crippen LogP) is 26.5. The van der Waals surface area contributed by atoms with Crippen LogP contribution in [0.1, 0.15) is 278 Å². The number of rotatable bonds is 41. The minimum absolute atomic E-state index is 0. The Morgan fingerprint density at radius 2 is 0.860 bits per heavy atom. The molecule has 3 atom stereocenters. The zero-order valence-electron chi connectivity index (χ0n) is 89.9. The summed E-state index contributed by atoms with van der Waals surface area (Å²) in [5, 5.41) is 32.7. The molecule has 2 heterocycles. The van der Waals surface area contributed by atoms with Gasteiger partial charge in [0.15, 0.2) is 47.1 Å². The molecule has 0 spiro atoms. The number of carboxylic acid groups (broad SMARTS) is 1. The van der Waals surface area contributed by atoms with E-state index in [1.165, 1.54) is 91.4 Å². The third-order valence-corrected chi connectivity index (χ3v) is 18.6. The van der Waals surface area contributed by atoms with Crippen LogP contribution in [0, 0.1) is 0 Å². The number of nitrogens with two attached hydrogens (primary N) is 3. The summed E-state index contributed by atoms with van der Waals surface area (Å²) in [7, 11) is 7.61. The van der Waals surface area contributed by atoms with Gasteiger partial charge in [-0.05, 0) is 118 Å². The van der Waals surface area contributed by atoms with Crippen LogP contribution < -0.4 is 65.2 Å². The third-order valence-electron chi connectivity index (χ3n) is 18.6.